The third-order valence-electron chi connectivity index (χ3n) is 2.71. The van der Waals surface area contributed by atoms with Gasteiger partial charge < -0.3 is 5.73 Å². The van der Waals surface area contributed by atoms with Crippen LogP contribution in [0.4, 0.5) is 15.8 Å². The topological polar surface area (TPSA) is 72.2 Å². The molecule has 0 saturated heterocycles. The van der Waals surface area contributed by atoms with E-state index in [2.05, 4.69) is 20.7 Å². The minimum Gasteiger partial charge on any atom is -0.398 e. The van der Waals surface area contributed by atoms with Gasteiger partial charge in [0, 0.05) is 0 Å². The van der Waals surface area contributed by atoms with Gasteiger partial charge in [0.05, 0.1) is 20.9 Å². The van der Waals surface area contributed by atoms with Crippen LogP contribution in [0.1, 0.15) is 5.56 Å². The van der Waals surface area contributed by atoms with Gasteiger partial charge in [-0.3, -0.25) is 4.72 Å². The second-order valence-electron chi connectivity index (χ2n) is 4.39. The van der Waals surface area contributed by atoms with Gasteiger partial charge in [0.15, 0.2) is 0 Å². The summed E-state index contributed by atoms with van der Waals surface area (Å²) in [5.41, 5.74) is 6.51. The molecule has 4 nitrogen and oxygen atoms in total. The summed E-state index contributed by atoms with van der Waals surface area (Å²) < 4.78 is 40.3. The van der Waals surface area contributed by atoms with Crippen molar-refractivity contribution in [2.75, 3.05) is 10.5 Å². The summed E-state index contributed by atoms with van der Waals surface area (Å²) in [5.74, 6) is -0.639. The predicted octanol–water partition coefficient (Wildman–Crippen LogP) is 3.93. The molecular formula is C13H11BrClFN2O2S. The van der Waals surface area contributed by atoms with E-state index in [0.29, 0.717) is 0 Å². The second kappa shape index (κ2) is 5.82. The molecule has 0 aromatic heterocycles. The van der Waals surface area contributed by atoms with E-state index in [-0.39, 0.29) is 25.8 Å². The van der Waals surface area contributed by atoms with Gasteiger partial charge in [-0.2, -0.15) is 0 Å². The van der Waals surface area contributed by atoms with Crippen molar-refractivity contribution >= 4 is 48.9 Å². The molecule has 3 N–H and O–H groups in total. The fraction of sp³-hybridized carbons (Fsp3) is 0.0769. The Labute approximate surface area is 135 Å². The molecule has 8 heteroatoms. The lowest BCUT2D eigenvalue weighted by molar-refractivity contribution is 0.599. The Kier molecular flexibility index (Phi) is 4.46. The largest absolute Gasteiger partial charge is 0.398 e. The van der Waals surface area contributed by atoms with E-state index in [1.807, 2.05) is 6.92 Å². The third-order valence-corrected chi connectivity index (χ3v) is 5.05. The van der Waals surface area contributed by atoms with Crippen LogP contribution < -0.4 is 10.5 Å². The molecule has 0 aliphatic carbocycles. The van der Waals surface area contributed by atoms with Crippen molar-refractivity contribution in [3.8, 4) is 0 Å². The summed E-state index contributed by atoms with van der Waals surface area (Å²) in [6, 6.07) is 6.94. The first-order chi connectivity index (χ1) is 9.70. The second-order valence-corrected chi connectivity index (χ2v) is 7.31. The molecule has 112 valence electrons. The average molecular weight is 394 g/mol. The van der Waals surface area contributed by atoms with Gasteiger partial charge in [-0.1, -0.05) is 17.7 Å². The normalized spacial score (nSPS) is 11.4. The summed E-state index contributed by atoms with van der Waals surface area (Å²) >= 11 is 8.93. The van der Waals surface area contributed by atoms with E-state index in [9.17, 15) is 12.8 Å². The molecule has 0 aliphatic rings. The summed E-state index contributed by atoms with van der Waals surface area (Å²) in [6.45, 7) is 1.83. The van der Waals surface area contributed by atoms with E-state index in [1.165, 1.54) is 0 Å². The van der Waals surface area contributed by atoms with E-state index >= 15 is 0 Å². The molecule has 0 spiro atoms. The standard InChI is InChI=1S/C13H11BrClFN2O2S/c1-7-2-3-12(9(15)4-7)18-21(19,20)13-5-8(14)10(16)6-11(13)17/h2-6,18H,17H2,1H3. The summed E-state index contributed by atoms with van der Waals surface area (Å²) in [6.07, 6.45) is 0. The Morgan fingerprint density at radius 1 is 1.29 bits per heavy atom. The number of nitrogens with one attached hydrogen (secondary N) is 1. The SMILES string of the molecule is Cc1ccc(NS(=O)(=O)c2cc(Br)c(F)cc2N)c(Cl)c1. The maximum Gasteiger partial charge on any atom is 0.264 e. The fourth-order valence-corrected chi connectivity index (χ4v) is 3.73. The van der Waals surface area contributed by atoms with Gasteiger partial charge in [0.25, 0.3) is 10.0 Å². The highest BCUT2D eigenvalue weighted by Gasteiger charge is 2.20. The molecule has 2 rings (SSSR count). The number of rotatable bonds is 3. The van der Waals surface area contributed by atoms with E-state index in [0.717, 1.165) is 17.7 Å². The van der Waals surface area contributed by atoms with Crippen molar-refractivity contribution in [1.82, 2.24) is 0 Å². The van der Waals surface area contributed by atoms with Crippen molar-refractivity contribution in [3.05, 3.63) is 51.2 Å². The molecule has 0 bridgehead atoms. The minimum atomic E-state index is -3.97. The summed E-state index contributed by atoms with van der Waals surface area (Å²) in [7, 11) is -3.97. The van der Waals surface area contributed by atoms with E-state index < -0.39 is 15.8 Å². The van der Waals surface area contributed by atoms with E-state index in [1.54, 1.807) is 18.2 Å². The number of nitrogen functional groups attached to an aromatic ring is 1. The van der Waals surface area contributed by atoms with Crippen molar-refractivity contribution in [2.24, 2.45) is 0 Å². The third kappa shape index (κ3) is 3.48. The van der Waals surface area contributed by atoms with Gasteiger partial charge in [0.2, 0.25) is 0 Å². The van der Waals surface area contributed by atoms with Gasteiger partial charge in [-0.15, -0.1) is 0 Å². The number of benzene rings is 2. The maximum absolute atomic E-state index is 13.3. The van der Waals surface area contributed by atoms with Crippen LogP contribution in [0.15, 0.2) is 39.7 Å². The molecule has 0 aliphatic heterocycles. The number of hydrogen-bond acceptors (Lipinski definition) is 3. The van der Waals surface area contributed by atoms with Crippen molar-refractivity contribution in [1.29, 1.82) is 0 Å². The van der Waals surface area contributed by atoms with Crippen LogP contribution in [-0.2, 0) is 10.0 Å². The zero-order valence-electron chi connectivity index (χ0n) is 10.8. The molecule has 0 radical (unpaired) electrons. The predicted molar refractivity (Wildman–Crippen MR) is 85.5 cm³/mol. The highest BCUT2D eigenvalue weighted by atomic mass is 79.9. The first-order valence-electron chi connectivity index (χ1n) is 5.74. The first kappa shape index (κ1) is 16.1. The molecule has 2 aromatic rings. The van der Waals surface area contributed by atoms with Gasteiger partial charge >= 0.3 is 0 Å². The lowest BCUT2D eigenvalue weighted by Gasteiger charge is -2.12. The quantitative estimate of drug-likeness (QED) is 0.776. The van der Waals surface area contributed by atoms with Crippen LogP contribution in [0.25, 0.3) is 0 Å². The molecule has 0 unspecified atom stereocenters. The first-order valence-corrected chi connectivity index (χ1v) is 8.39. The number of aryl methyl sites for hydroxylation is 1. The lowest BCUT2D eigenvalue weighted by Crippen LogP contribution is -2.15. The Morgan fingerprint density at radius 2 is 1.95 bits per heavy atom. The Hall–Kier alpha value is -1.31. The highest BCUT2D eigenvalue weighted by Crippen LogP contribution is 2.30. The zero-order valence-corrected chi connectivity index (χ0v) is 14.0. The highest BCUT2D eigenvalue weighted by molar-refractivity contribution is 9.10. The van der Waals surface area contributed by atoms with Gasteiger partial charge in [-0.25, -0.2) is 12.8 Å². The molecule has 0 heterocycles. The van der Waals surface area contributed by atoms with Crippen LogP contribution in [-0.4, -0.2) is 8.42 Å². The van der Waals surface area contributed by atoms with Crippen LogP contribution in [0.5, 0.6) is 0 Å². The summed E-state index contributed by atoms with van der Waals surface area (Å²) in [5, 5.41) is 0.262. The molecule has 0 amide bonds. The van der Waals surface area contributed by atoms with Crippen LogP contribution in [0, 0.1) is 12.7 Å². The number of hydrogen-bond donors (Lipinski definition) is 2. The van der Waals surface area contributed by atoms with E-state index in [4.69, 9.17) is 17.3 Å². The number of halogens is 3. The van der Waals surface area contributed by atoms with Gasteiger partial charge in [0.1, 0.15) is 10.7 Å². The summed E-state index contributed by atoms with van der Waals surface area (Å²) in [4.78, 5) is -0.229. The number of sulfonamides is 1. The van der Waals surface area contributed by atoms with Crippen molar-refractivity contribution in [2.45, 2.75) is 11.8 Å². The number of anilines is 2. The van der Waals surface area contributed by atoms with Crippen molar-refractivity contribution in [3.63, 3.8) is 0 Å². The zero-order chi connectivity index (χ0) is 15.8. The average Bonchev–Trinajstić information content (AvgIpc) is 2.37. The monoisotopic (exact) mass is 392 g/mol. The molecular weight excluding hydrogens is 383 g/mol. The maximum atomic E-state index is 13.3. The molecule has 0 fully saturated rings. The molecule has 2 aromatic carbocycles. The minimum absolute atomic E-state index is 0.00655. The fourth-order valence-electron chi connectivity index (χ4n) is 1.68. The van der Waals surface area contributed by atoms with Crippen molar-refractivity contribution < 1.29 is 12.8 Å². The molecule has 0 atom stereocenters. The van der Waals surface area contributed by atoms with Crippen LogP contribution in [0.2, 0.25) is 5.02 Å². The lowest BCUT2D eigenvalue weighted by atomic mass is 10.2. The molecule has 21 heavy (non-hydrogen) atoms. The van der Waals surface area contributed by atoms with Crippen LogP contribution in [0.3, 0.4) is 0 Å². The number of nitrogens with two attached hydrogens (primary N) is 1. The Balaban J connectivity index is 2.46. The smallest absolute Gasteiger partial charge is 0.264 e. The Morgan fingerprint density at radius 3 is 2.57 bits per heavy atom. The Bertz CT molecular complexity index is 812. The van der Waals surface area contributed by atoms with Crippen LogP contribution >= 0.6 is 27.5 Å². The van der Waals surface area contributed by atoms with Gasteiger partial charge in [-0.05, 0) is 52.7 Å². The molecule has 0 saturated carbocycles.